The number of rotatable bonds is 8. The van der Waals surface area contributed by atoms with Crippen LogP contribution in [0, 0.1) is 0 Å². The Labute approximate surface area is 154 Å². The summed E-state index contributed by atoms with van der Waals surface area (Å²) in [6.07, 6.45) is 1.64. The van der Waals surface area contributed by atoms with Crippen LogP contribution in [0.1, 0.15) is 27.7 Å². The van der Waals surface area contributed by atoms with Crippen LogP contribution < -0.4 is 10.6 Å². The van der Waals surface area contributed by atoms with Crippen molar-refractivity contribution in [1.82, 2.24) is 24.8 Å². The van der Waals surface area contributed by atoms with Crippen molar-refractivity contribution in [2.75, 3.05) is 23.7 Å². The average molecular weight is 353 g/mol. The maximum absolute atomic E-state index is 4.63. The molecule has 0 aliphatic heterocycles. The van der Waals surface area contributed by atoms with Gasteiger partial charge in [-0.1, -0.05) is 18.2 Å². The van der Waals surface area contributed by atoms with Crippen molar-refractivity contribution in [3.05, 3.63) is 36.7 Å². The summed E-state index contributed by atoms with van der Waals surface area (Å²) >= 11 is 0. The molecule has 3 N–H and O–H groups in total. The second kappa shape index (κ2) is 8.14. The third kappa shape index (κ3) is 4.29. The lowest BCUT2D eigenvalue weighted by molar-refractivity contribution is 0.182. The van der Waals surface area contributed by atoms with E-state index in [4.69, 9.17) is 0 Å². The highest BCUT2D eigenvalue weighted by atomic mass is 15.2. The van der Waals surface area contributed by atoms with E-state index < -0.39 is 0 Å². The quantitative estimate of drug-likeness (QED) is 0.574. The predicted molar refractivity (Wildman–Crippen MR) is 107 cm³/mol. The van der Waals surface area contributed by atoms with E-state index >= 15 is 0 Å². The zero-order chi connectivity index (χ0) is 18.5. The fraction of sp³-hybridized carbons (Fsp3) is 0.421. The maximum Gasteiger partial charge on any atom is 0.231 e. The summed E-state index contributed by atoms with van der Waals surface area (Å²) in [5.41, 5.74) is 2.41. The molecule has 2 heterocycles. The van der Waals surface area contributed by atoms with Crippen molar-refractivity contribution >= 4 is 28.6 Å². The van der Waals surface area contributed by atoms with E-state index in [2.05, 4.69) is 63.2 Å². The molecule has 0 aliphatic rings. The fourth-order valence-corrected chi connectivity index (χ4v) is 3.08. The molecule has 0 unspecified atom stereocenters. The largest absolute Gasteiger partial charge is 0.367 e. The highest BCUT2D eigenvalue weighted by Gasteiger charge is 2.14. The van der Waals surface area contributed by atoms with Crippen LogP contribution in [0.25, 0.3) is 11.2 Å². The average Bonchev–Trinajstić information content (AvgIpc) is 3.07. The van der Waals surface area contributed by atoms with Gasteiger partial charge in [0.2, 0.25) is 5.95 Å². The first-order valence-corrected chi connectivity index (χ1v) is 9.07. The van der Waals surface area contributed by atoms with Gasteiger partial charge in [-0.25, -0.2) is 4.98 Å². The summed E-state index contributed by atoms with van der Waals surface area (Å²) in [6, 6.07) is 10.9. The number of hydrogen-bond acceptors (Lipinski definition) is 6. The summed E-state index contributed by atoms with van der Waals surface area (Å²) in [7, 11) is 0. The summed E-state index contributed by atoms with van der Waals surface area (Å²) in [6.45, 7) is 10.6. The third-order valence-corrected chi connectivity index (χ3v) is 4.30. The Hall–Kier alpha value is -2.67. The van der Waals surface area contributed by atoms with Gasteiger partial charge in [-0.2, -0.15) is 9.97 Å². The number of nitrogens with one attached hydrogen (secondary N) is 3. The van der Waals surface area contributed by atoms with E-state index in [1.807, 2.05) is 30.3 Å². The molecule has 0 saturated carbocycles. The summed E-state index contributed by atoms with van der Waals surface area (Å²) in [5, 5.41) is 6.67. The molecule has 1 aromatic carbocycles. The number of anilines is 3. The monoisotopic (exact) mass is 353 g/mol. The molecule has 7 heteroatoms. The van der Waals surface area contributed by atoms with Gasteiger partial charge in [-0.3, -0.25) is 4.90 Å². The Morgan fingerprint density at radius 3 is 2.46 bits per heavy atom. The molecule has 0 saturated heterocycles. The number of nitrogens with zero attached hydrogens (tertiary/aromatic N) is 4. The molecular formula is C19H27N7. The lowest BCUT2D eigenvalue weighted by Crippen LogP contribution is -2.40. The number of aromatic amines is 1. The van der Waals surface area contributed by atoms with Crippen molar-refractivity contribution in [2.24, 2.45) is 0 Å². The van der Waals surface area contributed by atoms with Gasteiger partial charge in [-0.15, -0.1) is 0 Å². The molecule has 0 spiro atoms. The zero-order valence-electron chi connectivity index (χ0n) is 15.8. The minimum Gasteiger partial charge on any atom is -0.367 e. The Bertz CT molecular complexity index is 818. The smallest absolute Gasteiger partial charge is 0.231 e. The lowest BCUT2D eigenvalue weighted by Gasteiger charge is -2.30. The summed E-state index contributed by atoms with van der Waals surface area (Å²) < 4.78 is 0. The normalized spacial score (nSPS) is 11.7. The lowest BCUT2D eigenvalue weighted by atomic mass is 10.2. The number of hydrogen-bond donors (Lipinski definition) is 3. The number of imidazole rings is 1. The van der Waals surface area contributed by atoms with Gasteiger partial charge in [0.15, 0.2) is 11.5 Å². The Morgan fingerprint density at radius 1 is 1.04 bits per heavy atom. The minimum atomic E-state index is 0.504. The predicted octanol–water partition coefficient (Wildman–Crippen LogP) is 3.63. The molecule has 0 fully saturated rings. The van der Waals surface area contributed by atoms with Crippen LogP contribution in [0.2, 0.25) is 0 Å². The van der Waals surface area contributed by atoms with Crippen LogP contribution >= 0.6 is 0 Å². The first-order chi connectivity index (χ1) is 12.5. The van der Waals surface area contributed by atoms with Crippen LogP contribution in [-0.4, -0.2) is 50.0 Å². The molecule has 0 atom stereocenters. The van der Waals surface area contributed by atoms with Gasteiger partial charge < -0.3 is 15.6 Å². The highest BCUT2D eigenvalue weighted by Crippen LogP contribution is 2.21. The number of para-hydroxylation sites is 1. The van der Waals surface area contributed by atoms with Crippen LogP contribution in [0.3, 0.4) is 0 Å². The molecule has 138 valence electrons. The molecule has 0 radical (unpaired) electrons. The van der Waals surface area contributed by atoms with E-state index in [1.165, 1.54) is 0 Å². The first-order valence-electron chi connectivity index (χ1n) is 9.07. The van der Waals surface area contributed by atoms with E-state index in [0.29, 0.717) is 23.7 Å². The van der Waals surface area contributed by atoms with Crippen molar-refractivity contribution < 1.29 is 0 Å². The maximum atomic E-state index is 4.63. The van der Waals surface area contributed by atoms with Crippen molar-refractivity contribution in [3.63, 3.8) is 0 Å². The second-order valence-corrected chi connectivity index (χ2v) is 6.84. The van der Waals surface area contributed by atoms with Crippen molar-refractivity contribution in [1.29, 1.82) is 0 Å². The number of H-pyrrole nitrogens is 1. The van der Waals surface area contributed by atoms with E-state index in [1.54, 1.807) is 6.33 Å². The van der Waals surface area contributed by atoms with Crippen LogP contribution in [-0.2, 0) is 0 Å². The molecule has 7 nitrogen and oxygen atoms in total. The van der Waals surface area contributed by atoms with Gasteiger partial charge in [0.1, 0.15) is 5.52 Å². The summed E-state index contributed by atoms with van der Waals surface area (Å²) in [4.78, 5) is 19.0. The fourth-order valence-electron chi connectivity index (χ4n) is 3.08. The van der Waals surface area contributed by atoms with Crippen LogP contribution in [0.4, 0.5) is 17.5 Å². The van der Waals surface area contributed by atoms with Gasteiger partial charge in [-0.05, 0) is 39.8 Å². The van der Waals surface area contributed by atoms with E-state index in [9.17, 15) is 0 Å². The van der Waals surface area contributed by atoms with Gasteiger partial charge in [0, 0.05) is 30.9 Å². The SMILES string of the molecule is CC(C)N(CCNc1nc(Nc2ccccc2)nc2nc[nH]c12)C(C)C. The topological polar surface area (TPSA) is 81.8 Å². The number of fused-ring (bicyclic) bond motifs is 1. The Balaban J connectivity index is 1.75. The Kier molecular flexibility index (Phi) is 5.68. The van der Waals surface area contributed by atoms with E-state index in [0.717, 1.165) is 30.1 Å². The van der Waals surface area contributed by atoms with Gasteiger partial charge in [0.25, 0.3) is 0 Å². The van der Waals surface area contributed by atoms with E-state index in [-0.39, 0.29) is 0 Å². The highest BCUT2D eigenvalue weighted by molar-refractivity contribution is 5.84. The third-order valence-electron chi connectivity index (χ3n) is 4.30. The second-order valence-electron chi connectivity index (χ2n) is 6.84. The summed E-state index contributed by atoms with van der Waals surface area (Å²) in [5.74, 6) is 1.29. The van der Waals surface area contributed by atoms with Crippen LogP contribution in [0.5, 0.6) is 0 Å². The molecule has 0 aliphatic carbocycles. The molecule has 3 aromatic rings. The van der Waals surface area contributed by atoms with Crippen LogP contribution in [0.15, 0.2) is 36.7 Å². The Morgan fingerprint density at radius 2 is 1.77 bits per heavy atom. The molecule has 0 amide bonds. The minimum absolute atomic E-state index is 0.504. The molecule has 2 aromatic heterocycles. The zero-order valence-corrected chi connectivity index (χ0v) is 15.8. The molecular weight excluding hydrogens is 326 g/mol. The number of aromatic nitrogens is 4. The van der Waals surface area contributed by atoms with Gasteiger partial charge >= 0.3 is 0 Å². The molecule has 0 bridgehead atoms. The van der Waals surface area contributed by atoms with Crippen molar-refractivity contribution in [3.8, 4) is 0 Å². The van der Waals surface area contributed by atoms with Gasteiger partial charge in [0.05, 0.1) is 6.33 Å². The number of benzene rings is 1. The standard InChI is InChI=1S/C19H27N7/c1-13(2)26(14(3)4)11-10-20-17-16-18(22-12-21-16)25-19(24-17)23-15-8-6-5-7-9-15/h5-9,12-14H,10-11H2,1-4H3,(H3,20,21,22,23,24,25). The molecule has 26 heavy (non-hydrogen) atoms. The van der Waals surface area contributed by atoms with Crippen molar-refractivity contribution in [2.45, 2.75) is 39.8 Å². The molecule has 3 rings (SSSR count). The first kappa shape index (κ1) is 18.1.